The van der Waals surface area contributed by atoms with E-state index in [2.05, 4.69) is 22.0 Å². The van der Waals surface area contributed by atoms with Gasteiger partial charge in [0.25, 0.3) is 5.56 Å². The van der Waals surface area contributed by atoms with E-state index in [-0.39, 0.29) is 11.6 Å². The fourth-order valence-electron chi connectivity index (χ4n) is 2.16. The van der Waals surface area contributed by atoms with E-state index in [4.69, 9.17) is 0 Å². The van der Waals surface area contributed by atoms with Gasteiger partial charge in [-0.1, -0.05) is 6.92 Å². The molecule has 0 aliphatic carbocycles. The summed E-state index contributed by atoms with van der Waals surface area (Å²) in [7, 11) is 0. The van der Waals surface area contributed by atoms with Crippen LogP contribution in [-0.4, -0.2) is 24.3 Å². The molecular formula is C13H15N5OS. The molecule has 6 nitrogen and oxygen atoms in total. The number of rotatable bonds is 4. The number of fused-ring (bicyclic) bond motifs is 1. The van der Waals surface area contributed by atoms with Gasteiger partial charge in [0.15, 0.2) is 0 Å². The minimum absolute atomic E-state index is 0.0126. The molecule has 0 saturated carbocycles. The van der Waals surface area contributed by atoms with Crippen LogP contribution < -0.4 is 5.56 Å². The minimum atomic E-state index is -0.0222. The zero-order valence-electron chi connectivity index (χ0n) is 11.4. The van der Waals surface area contributed by atoms with Crippen LogP contribution in [0.1, 0.15) is 24.8 Å². The quantitative estimate of drug-likeness (QED) is 0.735. The summed E-state index contributed by atoms with van der Waals surface area (Å²) in [6.45, 7) is 4.65. The highest BCUT2D eigenvalue weighted by atomic mass is 32.1. The van der Waals surface area contributed by atoms with E-state index in [1.807, 2.05) is 13.0 Å². The normalized spacial score (nSPS) is 12.9. The standard InChI is InChI=1S/C13H15N5OS/c1-3-10-4-11-12(20-10)15-8-18(13(11)19)9(2)5-17-7-14-6-16-17/h4,6-9H,3,5H2,1-2H3/t9-/m0/s1. The molecular weight excluding hydrogens is 274 g/mol. The zero-order chi connectivity index (χ0) is 14.1. The van der Waals surface area contributed by atoms with Gasteiger partial charge in [0.2, 0.25) is 0 Å². The van der Waals surface area contributed by atoms with Crippen LogP contribution in [0.2, 0.25) is 0 Å². The van der Waals surface area contributed by atoms with Crippen molar-refractivity contribution in [2.24, 2.45) is 0 Å². The van der Waals surface area contributed by atoms with E-state index in [0.717, 1.165) is 11.3 Å². The zero-order valence-corrected chi connectivity index (χ0v) is 12.2. The highest BCUT2D eigenvalue weighted by molar-refractivity contribution is 7.18. The lowest BCUT2D eigenvalue weighted by Crippen LogP contribution is -2.26. The lowest BCUT2D eigenvalue weighted by molar-refractivity contribution is 0.425. The van der Waals surface area contributed by atoms with Gasteiger partial charge < -0.3 is 0 Å². The number of aryl methyl sites for hydroxylation is 1. The Morgan fingerprint density at radius 3 is 2.95 bits per heavy atom. The summed E-state index contributed by atoms with van der Waals surface area (Å²) in [5, 5.41) is 4.77. The summed E-state index contributed by atoms with van der Waals surface area (Å²) >= 11 is 1.59. The molecule has 7 heteroatoms. The molecule has 3 rings (SSSR count). The Kier molecular flexibility index (Phi) is 3.35. The van der Waals surface area contributed by atoms with E-state index in [1.54, 1.807) is 33.2 Å². The first-order valence-corrected chi connectivity index (χ1v) is 7.32. The van der Waals surface area contributed by atoms with Crippen molar-refractivity contribution in [3.05, 3.63) is 40.3 Å². The van der Waals surface area contributed by atoms with Gasteiger partial charge >= 0.3 is 0 Å². The van der Waals surface area contributed by atoms with Gasteiger partial charge in [-0.3, -0.25) is 14.0 Å². The van der Waals surface area contributed by atoms with Crippen molar-refractivity contribution in [2.75, 3.05) is 0 Å². The molecule has 0 aliphatic heterocycles. The van der Waals surface area contributed by atoms with Gasteiger partial charge in [-0.05, 0) is 19.4 Å². The van der Waals surface area contributed by atoms with Crippen molar-refractivity contribution in [2.45, 2.75) is 32.9 Å². The summed E-state index contributed by atoms with van der Waals surface area (Å²) in [6, 6.07) is 1.93. The summed E-state index contributed by atoms with van der Waals surface area (Å²) in [5.41, 5.74) is 0.0126. The molecule has 3 heterocycles. The second kappa shape index (κ2) is 5.16. The van der Waals surface area contributed by atoms with Crippen LogP contribution in [0.15, 0.2) is 29.8 Å². The predicted octanol–water partition coefficient (Wildman–Crippen LogP) is 1.87. The molecule has 0 spiro atoms. The maximum Gasteiger partial charge on any atom is 0.262 e. The average Bonchev–Trinajstić information content (AvgIpc) is 3.07. The Bertz CT molecular complexity index is 774. The maximum atomic E-state index is 12.5. The third kappa shape index (κ3) is 2.24. The Morgan fingerprint density at radius 2 is 2.25 bits per heavy atom. The lowest BCUT2D eigenvalue weighted by atomic mass is 10.3. The molecule has 3 aromatic heterocycles. The molecule has 0 amide bonds. The Hall–Kier alpha value is -2.02. The fraction of sp³-hybridized carbons (Fsp3) is 0.385. The Labute approximate surface area is 119 Å². The van der Waals surface area contributed by atoms with Gasteiger partial charge in [-0.2, -0.15) is 5.10 Å². The van der Waals surface area contributed by atoms with Crippen molar-refractivity contribution in [3.63, 3.8) is 0 Å². The first-order chi connectivity index (χ1) is 9.69. The highest BCUT2D eigenvalue weighted by Gasteiger charge is 2.13. The Balaban J connectivity index is 1.99. The number of hydrogen-bond donors (Lipinski definition) is 0. The predicted molar refractivity (Wildman–Crippen MR) is 78.0 cm³/mol. The third-order valence-corrected chi connectivity index (χ3v) is 4.46. The van der Waals surface area contributed by atoms with E-state index in [9.17, 15) is 4.79 Å². The molecule has 3 aromatic rings. The highest BCUT2D eigenvalue weighted by Crippen LogP contribution is 2.21. The molecule has 0 fully saturated rings. The fourth-order valence-corrected chi connectivity index (χ4v) is 3.09. The monoisotopic (exact) mass is 289 g/mol. The largest absolute Gasteiger partial charge is 0.294 e. The molecule has 0 saturated heterocycles. The molecule has 0 radical (unpaired) electrons. The van der Waals surface area contributed by atoms with Crippen LogP contribution in [0.3, 0.4) is 0 Å². The summed E-state index contributed by atoms with van der Waals surface area (Å²) < 4.78 is 3.38. The first-order valence-electron chi connectivity index (χ1n) is 6.51. The van der Waals surface area contributed by atoms with Crippen LogP contribution in [0.4, 0.5) is 0 Å². The molecule has 20 heavy (non-hydrogen) atoms. The van der Waals surface area contributed by atoms with Crippen LogP contribution in [-0.2, 0) is 13.0 Å². The van der Waals surface area contributed by atoms with Gasteiger partial charge in [0, 0.05) is 4.88 Å². The van der Waals surface area contributed by atoms with Gasteiger partial charge in [0.05, 0.1) is 24.3 Å². The van der Waals surface area contributed by atoms with Crippen LogP contribution in [0.25, 0.3) is 10.2 Å². The van der Waals surface area contributed by atoms with Crippen LogP contribution >= 0.6 is 11.3 Å². The summed E-state index contributed by atoms with van der Waals surface area (Å²) in [5.74, 6) is 0. The van der Waals surface area contributed by atoms with Crippen molar-refractivity contribution >= 4 is 21.6 Å². The van der Waals surface area contributed by atoms with Crippen molar-refractivity contribution in [1.82, 2.24) is 24.3 Å². The van der Waals surface area contributed by atoms with Crippen molar-refractivity contribution < 1.29 is 0 Å². The maximum absolute atomic E-state index is 12.5. The van der Waals surface area contributed by atoms with E-state index < -0.39 is 0 Å². The first kappa shape index (κ1) is 13.0. The van der Waals surface area contributed by atoms with Crippen molar-refractivity contribution in [1.29, 1.82) is 0 Å². The molecule has 0 bridgehead atoms. The molecule has 0 unspecified atom stereocenters. The molecule has 1 atom stereocenters. The van der Waals surface area contributed by atoms with E-state index in [1.165, 1.54) is 11.2 Å². The number of thiophene rings is 1. The van der Waals surface area contributed by atoms with Gasteiger partial charge in [-0.15, -0.1) is 11.3 Å². The summed E-state index contributed by atoms with van der Waals surface area (Å²) in [6.07, 6.45) is 5.69. The SMILES string of the molecule is CCc1cc2c(=O)n([C@@H](C)Cn3cncn3)cnc2s1. The minimum Gasteiger partial charge on any atom is -0.294 e. The lowest BCUT2D eigenvalue weighted by Gasteiger charge is -2.14. The number of nitrogens with zero attached hydrogens (tertiary/aromatic N) is 5. The van der Waals surface area contributed by atoms with Gasteiger partial charge in [-0.25, -0.2) is 9.97 Å². The summed E-state index contributed by atoms with van der Waals surface area (Å²) in [4.78, 5) is 22.8. The van der Waals surface area contributed by atoms with Crippen LogP contribution in [0.5, 0.6) is 0 Å². The smallest absolute Gasteiger partial charge is 0.262 e. The van der Waals surface area contributed by atoms with Crippen LogP contribution in [0, 0.1) is 0 Å². The second-order valence-corrected chi connectivity index (χ2v) is 5.82. The molecule has 0 N–H and O–H groups in total. The molecule has 0 aliphatic rings. The number of hydrogen-bond acceptors (Lipinski definition) is 5. The molecule has 104 valence electrons. The second-order valence-electron chi connectivity index (χ2n) is 4.71. The third-order valence-electron chi connectivity index (χ3n) is 3.27. The molecule has 0 aromatic carbocycles. The van der Waals surface area contributed by atoms with Gasteiger partial charge in [0.1, 0.15) is 17.5 Å². The Morgan fingerprint density at radius 1 is 1.40 bits per heavy atom. The topological polar surface area (TPSA) is 65.6 Å². The van der Waals surface area contributed by atoms with E-state index >= 15 is 0 Å². The average molecular weight is 289 g/mol. The van der Waals surface area contributed by atoms with Crippen molar-refractivity contribution in [3.8, 4) is 0 Å². The van der Waals surface area contributed by atoms with E-state index in [0.29, 0.717) is 11.9 Å². The number of aromatic nitrogens is 5.